The van der Waals surface area contributed by atoms with E-state index < -0.39 is 17.7 Å². The maximum atomic E-state index is 12.6. The number of carbonyl (C=O) groups is 1. The van der Waals surface area contributed by atoms with Crippen LogP contribution in [0.2, 0.25) is 5.02 Å². The molecule has 1 N–H and O–H groups in total. The lowest BCUT2D eigenvalue weighted by Gasteiger charge is -2.10. The highest BCUT2D eigenvalue weighted by molar-refractivity contribution is 6.32. The maximum Gasteiger partial charge on any atom is 0.416 e. The van der Waals surface area contributed by atoms with E-state index in [0.717, 1.165) is 24.4 Å². The normalized spacial score (nSPS) is 11.2. The molecule has 0 aliphatic heterocycles. The van der Waals surface area contributed by atoms with Crippen LogP contribution < -0.4 is 4.74 Å². The topological polar surface area (TPSA) is 59.4 Å². The number of nitrogens with zero attached hydrogens (tertiary/aromatic N) is 1. The van der Waals surface area contributed by atoms with Crippen molar-refractivity contribution in [2.45, 2.75) is 6.18 Å². The van der Waals surface area contributed by atoms with Crippen LogP contribution in [0.4, 0.5) is 13.2 Å². The van der Waals surface area contributed by atoms with Crippen molar-refractivity contribution in [3.05, 3.63) is 52.7 Å². The molecule has 0 bridgehead atoms. The second-order valence-corrected chi connectivity index (χ2v) is 4.35. The predicted octanol–water partition coefficient (Wildman–Crippen LogP) is 4.24. The Bertz CT molecular complexity index is 689. The van der Waals surface area contributed by atoms with E-state index in [2.05, 4.69) is 4.98 Å². The van der Waals surface area contributed by atoms with E-state index in [9.17, 15) is 18.0 Å². The molecule has 2 rings (SSSR count). The number of ether oxygens (including phenoxy) is 1. The van der Waals surface area contributed by atoms with Crippen molar-refractivity contribution < 1.29 is 27.8 Å². The molecule has 0 unspecified atom stereocenters. The van der Waals surface area contributed by atoms with Crippen LogP contribution in [-0.2, 0) is 6.18 Å². The number of hydrogen-bond acceptors (Lipinski definition) is 3. The summed E-state index contributed by atoms with van der Waals surface area (Å²) in [4.78, 5) is 14.4. The Kier molecular flexibility index (Phi) is 4.04. The monoisotopic (exact) mass is 317 g/mol. The third-order valence-corrected chi connectivity index (χ3v) is 2.70. The summed E-state index contributed by atoms with van der Waals surface area (Å²) in [6.45, 7) is 0. The molecule has 0 saturated carbocycles. The lowest BCUT2D eigenvalue weighted by atomic mass is 10.2. The Morgan fingerprint density at radius 2 is 2.00 bits per heavy atom. The Hall–Kier alpha value is -2.28. The van der Waals surface area contributed by atoms with Gasteiger partial charge in [-0.25, -0.2) is 9.78 Å². The summed E-state index contributed by atoms with van der Waals surface area (Å²) in [5.41, 5.74) is -1.03. The van der Waals surface area contributed by atoms with Crippen LogP contribution in [0.3, 0.4) is 0 Å². The smallest absolute Gasteiger partial charge is 0.416 e. The van der Waals surface area contributed by atoms with Crippen LogP contribution in [-0.4, -0.2) is 16.1 Å². The minimum atomic E-state index is -4.50. The van der Waals surface area contributed by atoms with Crippen LogP contribution in [0.1, 0.15) is 15.9 Å². The molecule has 0 radical (unpaired) electrons. The molecule has 0 spiro atoms. The molecule has 1 aromatic carbocycles. The Balaban J connectivity index is 2.28. The first-order valence-electron chi connectivity index (χ1n) is 5.51. The van der Waals surface area contributed by atoms with Gasteiger partial charge in [-0.3, -0.25) is 0 Å². The minimum Gasteiger partial charge on any atom is -0.478 e. The van der Waals surface area contributed by atoms with E-state index in [0.29, 0.717) is 0 Å². The van der Waals surface area contributed by atoms with Crippen molar-refractivity contribution in [3.63, 3.8) is 0 Å². The number of benzene rings is 1. The fourth-order valence-electron chi connectivity index (χ4n) is 1.46. The zero-order chi connectivity index (χ0) is 15.6. The van der Waals surface area contributed by atoms with Gasteiger partial charge in [0.1, 0.15) is 10.8 Å². The molecule has 0 amide bonds. The van der Waals surface area contributed by atoms with Crippen molar-refractivity contribution in [1.82, 2.24) is 4.98 Å². The van der Waals surface area contributed by atoms with Gasteiger partial charge in [-0.05, 0) is 24.3 Å². The molecule has 0 atom stereocenters. The average Bonchev–Trinajstić information content (AvgIpc) is 2.40. The first-order chi connectivity index (χ1) is 9.77. The quantitative estimate of drug-likeness (QED) is 0.919. The van der Waals surface area contributed by atoms with Crippen LogP contribution in [0.15, 0.2) is 36.5 Å². The van der Waals surface area contributed by atoms with Crippen LogP contribution in [0.25, 0.3) is 0 Å². The summed E-state index contributed by atoms with van der Waals surface area (Å²) in [5.74, 6) is -1.52. The summed E-state index contributed by atoms with van der Waals surface area (Å²) < 4.78 is 42.8. The van der Waals surface area contributed by atoms with Crippen LogP contribution in [0.5, 0.6) is 11.6 Å². The number of halogens is 4. The Morgan fingerprint density at radius 3 is 2.57 bits per heavy atom. The first-order valence-corrected chi connectivity index (χ1v) is 5.89. The molecular weight excluding hydrogens is 311 g/mol. The highest BCUT2D eigenvalue weighted by Gasteiger charge is 2.30. The Labute approximate surface area is 121 Å². The fourth-order valence-corrected chi connectivity index (χ4v) is 1.67. The number of carboxylic acid groups (broad SMARTS) is 1. The molecule has 0 aliphatic carbocycles. The van der Waals surface area contributed by atoms with Gasteiger partial charge >= 0.3 is 12.1 Å². The standard InChI is InChI=1S/C13H7ClF3NO3/c14-10-4-7(12(19)20)6-18-11(10)21-9-3-1-2-8(5-9)13(15,16)17/h1-6H,(H,19,20). The van der Waals surface area contributed by atoms with Crippen molar-refractivity contribution in [3.8, 4) is 11.6 Å². The lowest BCUT2D eigenvalue weighted by molar-refractivity contribution is -0.137. The van der Waals surface area contributed by atoms with Crippen molar-refractivity contribution in [1.29, 1.82) is 0 Å². The van der Waals surface area contributed by atoms with Gasteiger partial charge in [-0.1, -0.05) is 17.7 Å². The third kappa shape index (κ3) is 3.63. The van der Waals surface area contributed by atoms with Crippen LogP contribution in [0, 0.1) is 0 Å². The summed E-state index contributed by atoms with van der Waals surface area (Å²) >= 11 is 5.78. The number of pyridine rings is 1. The van der Waals surface area contributed by atoms with Gasteiger partial charge in [0.2, 0.25) is 5.88 Å². The van der Waals surface area contributed by atoms with Gasteiger partial charge in [0, 0.05) is 6.20 Å². The van der Waals surface area contributed by atoms with Crippen molar-refractivity contribution in [2.75, 3.05) is 0 Å². The molecule has 21 heavy (non-hydrogen) atoms. The zero-order valence-corrected chi connectivity index (χ0v) is 10.9. The van der Waals surface area contributed by atoms with E-state index in [1.54, 1.807) is 0 Å². The van der Waals surface area contributed by atoms with Crippen LogP contribution >= 0.6 is 11.6 Å². The molecule has 8 heteroatoms. The van der Waals surface area contributed by atoms with E-state index in [1.165, 1.54) is 12.1 Å². The highest BCUT2D eigenvalue weighted by Crippen LogP contribution is 2.33. The molecule has 0 fully saturated rings. The molecule has 1 heterocycles. The van der Waals surface area contributed by atoms with E-state index >= 15 is 0 Å². The highest BCUT2D eigenvalue weighted by atomic mass is 35.5. The van der Waals surface area contributed by atoms with E-state index in [1.807, 2.05) is 0 Å². The second kappa shape index (κ2) is 5.61. The second-order valence-electron chi connectivity index (χ2n) is 3.94. The number of aromatic carboxylic acids is 1. The lowest BCUT2D eigenvalue weighted by Crippen LogP contribution is -2.04. The number of hydrogen-bond donors (Lipinski definition) is 1. The molecule has 0 saturated heterocycles. The number of alkyl halides is 3. The Morgan fingerprint density at radius 1 is 1.29 bits per heavy atom. The van der Waals surface area contributed by atoms with E-state index in [-0.39, 0.29) is 22.2 Å². The molecule has 0 aliphatic rings. The van der Waals surface area contributed by atoms with Crippen molar-refractivity contribution in [2.24, 2.45) is 0 Å². The van der Waals surface area contributed by atoms with Gasteiger partial charge in [-0.2, -0.15) is 13.2 Å². The molecule has 1 aromatic heterocycles. The summed E-state index contributed by atoms with van der Waals surface area (Å²) in [5, 5.41) is 8.63. The van der Waals surface area contributed by atoms with Gasteiger partial charge in [-0.15, -0.1) is 0 Å². The fraction of sp³-hybridized carbons (Fsp3) is 0.0769. The molecular formula is C13H7ClF3NO3. The number of rotatable bonds is 3. The zero-order valence-electron chi connectivity index (χ0n) is 10.2. The van der Waals surface area contributed by atoms with E-state index in [4.69, 9.17) is 21.4 Å². The largest absolute Gasteiger partial charge is 0.478 e. The summed E-state index contributed by atoms with van der Waals surface area (Å²) in [7, 11) is 0. The maximum absolute atomic E-state index is 12.6. The molecule has 2 aromatic rings. The van der Waals surface area contributed by atoms with Gasteiger partial charge in [0.15, 0.2) is 0 Å². The molecule has 110 valence electrons. The first kappa shape index (κ1) is 15.1. The van der Waals surface area contributed by atoms with Gasteiger partial charge in [0.05, 0.1) is 11.1 Å². The number of carboxylic acids is 1. The molecule has 4 nitrogen and oxygen atoms in total. The minimum absolute atomic E-state index is 0.109. The van der Waals surface area contributed by atoms with Gasteiger partial charge in [0.25, 0.3) is 0 Å². The SMILES string of the molecule is O=C(O)c1cnc(Oc2cccc(C(F)(F)F)c2)c(Cl)c1. The number of aromatic nitrogens is 1. The average molecular weight is 318 g/mol. The third-order valence-electron chi connectivity index (χ3n) is 2.43. The van der Waals surface area contributed by atoms with Crippen molar-refractivity contribution >= 4 is 17.6 Å². The summed E-state index contributed by atoms with van der Waals surface area (Å²) in [6, 6.07) is 5.27. The predicted molar refractivity (Wildman–Crippen MR) is 67.7 cm³/mol. The summed E-state index contributed by atoms with van der Waals surface area (Å²) in [6.07, 6.45) is -3.50. The van der Waals surface area contributed by atoms with Gasteiger partial charge < -0.3 is 9.84 Å².